The van der Waals surface area contributed by atoms with Gasteiger partial charge in [-0.15, -0.1) is 0 Å². The second-order valence-electron chi connectivity index (χ2n) is 4.92. The highest BCUT2D eigenvalue weighted by atomic mass is 15.1. The van der Waals surface area contributed by atoms with E-state index in [1.165, 1.54) is 0 Å². The summed E-state index contributed by atoms with van der Waals surface area (Å²) in [4.78, 5) is 10.6. The van der Waals surface area contributed by atoms with Crippen molar-refractivity contribution in [3.8, 4) is 6.07 Å². The lowest BCUT2D eigenvalue weighted by Gasteiger charge is -2.23. The zero-order valence-corrected chi connectivity index (χ0v) is 12.1. The van der Waals surface area contributed by atoms with Gasteiger partial charge in [0.25, 0.3) is 0 Å². The van der Waals surface area contributed by atoms with Gasteiger partial charge in [-0.05, 0) is 30.7 Å². The first-order chi connectivity index (χ1) is 10.2. The summed E-state index contributed by atoms with van der Waals surface area (Å²) in [6, 6.07) is 9.98. The second-order valence-corrected chi connectivity index (χ2v) is 4.92. The van der Waals surface area contributed by atoms with E-state index in [9.17, 15) is 0 Å². The van der Waals surface area contributed by atoms with E-state index in [0.717, 1.165) is 16.9 Å². The van der Waals surface area contributed by atoms with Crippen molar-refractivity contribution in [2.45, 2.75) is 25.9 Å². The summed E-state index contributed by atoms with van der Waals surface area (Å²) in [5.41, 5.74) is 8.77. The van der Waals surface area contributed by atoms with Gasteiger partial charge in [0.1, 0.15) is 0 Å². The molecule has 0 amide bonds. The summed E-state index contributed by atoms with van der Waals surface area (Å²) in [5, 5.41) is 8.82. The maximum atomic E-state index is 8.82. The molecule has 2 aromatic rings. The normalized spacial score (nSPS) is 11.7. The third-order valence-electron chi connectivity index (χ3n) is 3.19. The smallest absolute Gasteiger partial charge is 0.0640 e. The molecule has 1 atom stereocenters. The maximum absolute atomic E-state index is 8.82. The van der Waals surface area contributed by atoms with E-state index in [1.54, 1.807) is 6.20 Å². The van der Waals surface area contributed by atoms with Crippen LogP contribution in [0, 0.1) is 11.3 Å². The molecule has 108 valence electrons. The Hall–Kier alpha value is -2.45. The number of hydrogen-bond donors (Lipinski definition) is 1. The van der Waals surface area contributed by atoms with Gasteiger partial charge in [0.05, 0.1) is 30.1 Å². The van der Waals surface area contributed by atoms with Crippen molar-refractivity contribution in [1.82, 2.24) is 9.97 Å². The summed E-state index contributed by atoms with van der Waals surface area (Å²) >= 11 is 0. The molecule has 0 fully saturated rings. The van der Waals surface area contributed by atoms with Crippen LogP contribution in [0.5, 0.6) is 0 Å². The monoisotopic (exact) mass is 281 g/mol. The van der Waals surface area contributed by atoms with Crippen LogP contribution in [0.3, 0.4) is 0 Å². The molecule has 0 unspecified atom stereocenters. The maximum Gasteiger partial charge on any atom is 0.0640 e. The minimum absolute atomic E-state index is 0.0788. The molecule has 5 heteroatoms. The number of aromatic nitrogens is 2. The minimum Gasteiger partial charge on any atom is -0.365 e. The van der Waals surface area contributed by atoms with Crippen LogP contribution in [0.1, 0.15) is 30.6 Å². The molecule has 0 aliphatic rings. The van der Waals surface area contributed by atoms with Gasteiger partial charge in [-0.25, -0.2) is 0 Å². The van der Waals surface area contributed by atoms with Crippen molar-refractivity contribution < 1.29 is 0 Å². The Morgan fingerprint density at radius 1 is 1.33 bits per heavy atom. The molecule has 0 aromatic carbocycles. The lowest BCUT2D eigenvalue weighted by Crippen LogP contribution is -2.24. The Kier molecular flexibility index (Phi) is 5.24. The fourth-order valence-electron chi connectivity index (χ4n) is 2.05. The standard InChI is InChI=1S/C16H19N5/c1-13(18)16-6-5-15(11-20-16)21(9-3-7-17)12-14-4-2-8-19-10-14/h2,4-6,8,10-11,13H,3,9,12,18H2,1H3/t13-/m0/s1. The van der Waals surface area contributed by atoms with Gasteiger partial charge >= 0.3 is 0 Å². The average molecular weight is 281 g/mol. The predicted molar refractivity (Wildman–Crippen MR) is 82.4 cm³/mol. The van der Waals surface area contributed by atoms with Gasteiger partial charge in [-0.1, -0.05) is 6.07 Å². The Balaban J connectivity index is 2.17. The Labute approximate surface area is 125 Å². The van der Waals surface area contributed by atoms with Gasteiger partial charge in [-0.2, -0.15) is 5.26 Å². The topological polar surface area (TPSA) is 78.8 Å². The molecule has 0 aliphatic carbocycles. The first-order valence-corrected chi connectivity index (χ1v) is 6.93. The van der Waals surface area contributed by atoms with Crippen LogP contribution in [-0.4, -0.2) is 16.5 Å². The van der Waals surface area contributed by atoms with Crippen molar-refractivity contribution in [1.29, 1.82) is 5.26 Å². The third-order valence-corrected chi connectivity index (χ3v) is 3.19. The summed E-state index contributed by atoms with van der Waals surface area (Å²) in [5.74, 6) is 0. The van der Waals surface area contributed by atoms with Crippen molar-refractivity contribution in [2.24, 2.45) is 5.73 Å². The number of nitrogens with zero attached hydrogens (tertiary/aromatic N) is 4. The van der Waals surface area contributed by atoms with E-state index in [4.69, 9.17) is 11.0 Å². The Morgan fingerprint density at radius 2 is 2.19 bits per heavy atom. The third kappa shape index (κ3) is 4.26. The molecule has 0 radical (unpaired) electrons. The zero-order chi connectivity index (χ0) is 15.1. The molecule has 21 heavy (non-hydrogen) atoms. The van der Waals surface area contributed by atoms with Crippen LogP contribution in [0.25, 0.3) is 0 Å². The lowest BCUT2D eigenvalue weighted by atomic mass is 10.2. The van der Waals surface area contributed by atoms with Gasteiger partial charge < -0.3 is 10.6 Å². The molecule has 2 heterocycles. The van der Waals surface area contributed by atoms with E-state index >= 15 is 0 Å². The molecule has 0 saturated heterocycles. The van der Waals surface area contributed by atoms with Crippen LogP contribution < -0.4 is 10.6 Å². The molecule has 5 nitrogen and oxygen atoms in total. The van der Waals surface area contributed by atoms with Crippen molar-refractivity contribution in [3.63, 3.8) is 0 Å². The number of rotatable bonds is 6. The van der Waals surface area contributed by atoms with E-state index in [1.807, 2.05) is 43.6 Å². The average Bonchev–Trinajstić information content (AvgIpc) is 2.52. The highest BCUT2D eigenvalue weighted by Gasteiger charge is 2.09. The first-order valence-electron chi connectivity index (χ1n) is 6.93. The number of nitriles is 1. The SMILES string of the molecule is C[C@H](N)c1ccc(N(CCC#N)Cc2cccnc2)cn1. The molecule has 2 aromatic heterocycles. The highest BCUT2D eigenvalue weighted by Crippen LogP contribution is 2.18. The minimum atomic E-state index is -0.0788. The van der Waals surface area contributed by atoms with E-state index in [-0.39, 0.29) is 6.04 Å². The molecular formula is C16H19N5. The molecule has 2 rings (SSSR count). The van der Waals surface area contributed by atoms with E-state index in [2.05, 4.69) is 20.9 Å². The number of nitrogens with two attached hydrogens (primary N) is 1. The Bertz CT molecular complexity index is 586. The predicted octanol–water partition coefficient (Wildman–Crippen LogP) is 2.42. The Morgan fingerprint density at radius 3 is 2.76 bits per heavy atom. The van der Waals surface area contributed by atoms with Crippen LogP contribution in [-0.2, 0) is 6.54 Å². The van der Waals surface area contributed by atoms with Gasteiger partial charge in [0.15, 0.2) is 0 Å². The zero-order valence-electron chi connectivity index (χ0n) is 12.1. The fourth-order valence-corrected chi connectivity index (χ4v) is 2.05. The summed E-state index contributed by atoms with van der Waals surface area (Å²) in [6.07, 6.45) is 5.87. The molecule has 0 saturated carbocycles. The molecule has 2 N–H and O–H groups in total. The first kappa shape index (κ1) is 14.9. The van der Waals surface area contributed by atoms with E-state index in [0.29, 0.717) is 19.5 Å². The molecule has 0 spiro atoms. The van der Waals surface area contributed by atoms with Crippen LogP contribution in [0.15, 0.2) is 42.9 Å². The van der Waals surface area contributed by atoms with Crippen molar-refractivity contribution >= 4 is 5.69 Å². The fraction of sp³-hybridized carbons (Fsp3) is 0.312. The second kappa shape index (κ2) is 7.36. The van der Waals surface area contributed by atoms with Gasteiger partial charge in [0.2, 0.25) is 0 Å². The summed E-state index contributed by atoms with van der Waals surface area (Å²) in [7, 11) is 0. The largest absolute Gasteiger partial charge is 0.365 e. The summed E-state index contributed by atoms with van der Waals surface area (Å²) in [6.45, 7) is 3.27. The van der Waals surface area contributed by atoms with Crippen LogP contribution >= 0.6 is 0 Å². The molecular weight excluding hydrogens is 262 g/mol. The summed E-state index contributed by atoms with van der Waals surface area (Å²) < 4.78 is 0. The van der Waals surface area contributed by atoms with Crippen LogP contribution in [0.4, 0.5) is 5.69 Å². The highest BCUT2D eigenvalue weighted by molar-refractivity contribution is 5.45. The molecule has 0 aliphatic heterocycles. The van der Waals surface area contributed by atoms with Crippen molar-refractivity contribution in [2.75, 3.05) is 11.4 Å². The lowest BCUT2D eigenvalue weighted by molar-refractivity contribution is 0.767. The van der Waals surface area contributed by atoms with E-state index < -0.39 is 0 Å². The van der Waals surface area contributed by atoms with Gasteiger partial charge in [0, 0.05) is 31.5 Å². The van der Waals surface area contributed by atoms with Crippen LogP contribution in [0.2, 0.25) is 0 Å². The number of anilines is 1. The number of pyridine rings is 2. The van der Waals surface area contributed by atoms with Gasteiger partial charge in [-0.3, -0.25) is 9.97 Å². The quantitative estimate of drug-likeness (QED) is 0.879. The van der Waals surface area contributed by atoms with Crippen molar-refractivity contribution in [3.05, 3.63) is 54.1 Å². The molecule has 0 bridgehead atoms. The number of hydrogen-bond acceptors (Lipinski definition) is 5.